The second-order valence-corrected chi connectivity index (χ2v) is 3.62. The van der Waals surface area contributed by atoms with Crippen molar-refractivity contribution in [2.45, 2.75) is 0 Å². The fraction of sp³-hybridized carbons (Fsp3) is 0. The Morgan fingerprint density at radius 1 is 0.944 bits per heavy atom. The molecule has 0 aliphatic carbocycles. The van der Waals surface area contributed by atoms with Crippen LogP contribution in [0.3, 0.4) is 0 Å². The highest BCUT2D eigenvalue weighted by Crippen LogP contribution is 2.04. The molecule has 0 radical (unpaired) electrons. The van der Waals surface area contributed by atoms with Gasteiger partial charge in [0, 0.05) is 6.21 Å². The lowest BCUT2D eigenvalue weighted by molar-refractivity contribution is 1.29. The molecule has 18 heavy (non-hydrogen) atoms. The van der Waals surface area contributed by atoms with Gasteiger partial charge in [0.25, 0.3) is 0 Å². The molecule has 0 heterocycles. The Morgan fingerprint density at radius 3 is 2.22 bits per heavy atom. The number of nitrogens with one attached hydrogen (secondary N) is 1. The van der Waals surface area contributed by atoms with Gasteiger partial charge in [-0.25, -0.2) is 4.99 Å². The average Bonchev–Trinajstić information content (AvgIpc) is 2.45. The van der Waals surface area contributed by atoms with Crippen LogP contribution in [0.25, 0.3) is 0 Å². The molecule has 0 unspecified atom stereocenters. The third-order valence-corrected chi connectivity index (χ3v) is 2.22. The topological polar surface area (TPSA) is 62.8 Å². The zero-order valence-electron chi connectivity index (χ0n) is 9.82. The van der Waals surface area contributed by atoms with Crippen molar-refractivity contribution in [3.8, 4) is 0 Å². The van der Waals surface area contributed by atoms with Crippen LogP contribution in [-0.2, 0) is 0 Å². The van der Waals surface area contributed by atoms with E-state index in [9.17, 15) is 0 Å². The number of anilines is 1. The minimum absolute atomic E-state index is 0.183. The summed E-state index contributed by atoms with van der Waals surface area (Å²) in [5.41, 5.74) is 10.3. The van der Waals surface area contributed by atoms with Gasteiger partial charge in [-0.2, -0.15) is 0 Å². The number of benzene rings is 2. The smallest absolute Gasteiger partial charge is 0.237 e. The lowest BCUT2D eigenvalue weighted by Gasteiger charge is -1.99. The van der Waals surface area contributed by atoms with Crippen LogP contribution in [0.15, 0.2) is 70.8 Å². The summed E-state index contributed by atoms with van der Waals surface area (Å²) < 4.78 is 0. The fourth-order valence-electron chi connectivity index (χ4n) is 1.34. The van der Waals surface area contributed by atoms with E-state index in [1.165, 1.54) is 0 Å². The van der Waals surface area contributed by atoms with Crippen molar-refractivity contribution in [1.82, 2.24) is 0 Å². The fourth-order valence-corrected chi connectivity index (χ4v) is 1.34. The van der Waals surface area contributed by atoms with Gasteiger partial charge in [-0.05, 0) is 17.7 Å². The minimum atomic E-state index is 0.183. The number of hydrogen-bond acceptors (Lipinski definition) is 2. The van der Waals surface area contributed by atoms with Gasteiger partial charge in [0.05, 0.1) is 5.69 Å². The number of rotatable bonds is 3. The molecule has 0 aliphatic heterocycles. The first-order chi connectivity index (χ1) is 8.84. The van der Waals surface area contributed by atoms with Gasteiger partial charge in [0.15, 0.2) is 0 Å². The zero-order valence-corrected chi connectivity index (χ0v) is 9.82. The predicted molar refractivity (Wildman–Crippen MR) is 75.7 cm³/mol. The molecule has 0 aromatic heterocycles. The standard InChI is InChI=1S/C14H14N4/c15-14(16-11-12-7-3-1-4-8-12)18-17-13-9-5-2-6-10-13/h1-11,17H,(H2,15,18). The summed E-state index contributed by atoms with van der Waals surface area (Å²) in [7, 11) is 0. The third kappa shape index (κ3) is 3.75. The first-order valence-corrected chi connectivity index (χ1v) is 5.58. The Labute approximate surface area is 106 Å². The maximum atomic E-state index is 5.66. The molecule has 2 aromatic carbocycles. The van der Waals surface area contributed by atoms with Gasteiger partial charge in [-0.1, -0.05) is 48.5 Å². The Morgan fingerprint density at radius 2 is 1.56 bits per heavy atom. The molecule has 0 fully saturated rings. The van der Waals surface area contributed by atoms with Gasteiger partial charge in [-0.3, -0.25) is 5.43 Å². The summed E-state index contributed by atoms with van der Waals surface area (Å²) >= 11 is 0. The SMILES string of the molecule is N/C(N=Cc1ccccc1)=N\Nc1ccccc1. The number of guanidine groups is 1. The zero-order chi connectivity index (χ0) is 12.6. The third-order valence-electron chi connectivity index (χ3n) is 2.22. The summed E-state index contributed by atoms with van der Waals surface area (Å²) in [6.45, 7) is 0. The van der Waals surface area contributed by atoms with Crippen LogP contribution < -0.4 is 11.2 Å². The van der Waals surface area contributed by atoms with Crippen LogP contribution in [0.4, 0.5) is 5.69 Å². The molecule has 2 aromatic rings. The van der Waals surface area contributed by atoms with Crippen LogP contribution in [0, 0.1) is 0 Å². The second kappa shape index (κ2) is 6.20. The summed E-state index contributed by atoms with van der Waals surface area (Å²) in [6.07, 6.45) is 1.67. The largest absolute Gasteiger partial charge is 0.367 e. The van der Waals surface area contributed by atoms with Crippen molar-refractivity contribution in [3.63, 3.8) is 0 Å². The first-order valence-electron chi connectivity index (χ1n) is 5.58. The average molecular weight is 238 g/mol. The van der Waals surface area contributed by atoms with Crippen LogP contribution in [0.1, 0.15) is 5.56 Å². The van der Waals surface area contributed by atoms with Crippen LogP contribution in [0.5, 0.6) is 0 Å². The summed E-state index contributed by atoms with van der Waals surface area (Å²) in [5.74, 6) is 0.183. The monoisotopic (exact) mass is 238 g/mol. The number of para-hydroxylation sites is 1. The van der Waals surface area contributed by atoms with Crippen molar-refractivity contribution < 1.29 is 0 Å². The molecule has 0 aliphatic rings. The van der Waals surface area contributed by atoms with E-state index in [-0.39, 0.29) is 5.96 Å². The Balaban J connectivity index is 1.96. The van der Waals surface area contributed by atoms with Crippen molar-refractivity contribution in [2.24, 2.45) is 15.8 Å². The van der Waals surface area contributed by atoms with Crippen molar-refractivity contribution in [2.75, 3.05) is 5.43 Å². The van der Waals surface area contributed by atoms with E-state index in [1.54, 1.807) is 6.21 Å². The first kappa shape index (κ1) is 11.9. The van der Waals surface area contributed by atoms with E-state index in [1.807, 2.05) is 60.7 Å². The molecular weight excluding hydrogens is 224 g/mol. The van der Waals surface area contributed by atoms with E-state index in [0.717, 1.165) is 11.3 Å². The number of hydrogen-bond donors (Lipinski definition) is 2. The second-order valence-electron chi connectivity index (χ2n) is 3.62. The number of aliphatic imine (C=N–C) groups is 1. The molecule has 4 nitrogen and oxygen atoms in total. The highest BCUT2D eigenvalue weighted by Gasteiger charge is 1.89. The Kier molecular flexibility index (Phi) is 4.08. The van der Waals surface area contributed by atoms with Gasteiger partial charge < -0.3 is 5.73 Å². The van der Waals surface area contributed by atoms with E-state index in [0.29, 0.717) is 0 Å². The quantitative estimate of drug-likeness (QED) is 0.490. The molecule has 0 amide bonds. The molecule has 0 spiro atoms. The predicted octanol–water partition coefficient (Wildman–Crippen LogP) is 2.45. The van der Waals surface area contributed by atoms with Gasteiger partial charge in [0.2, 0.25) is 5.96 Å². The van der Waals surface area contributed by atoms with E-state index in [2.05, 4.69) is 15.5 Å². The molecule has 0 saturated heterocycles. The summed E-state index contributed by atoms with van der Waals surface area (Å²) in [4.78, 5) is 4.05. The number of hydrazone groups is 1. The number of nitrogens with zero attached hydrogens (tertiary/aromatic N) is 2. The minimum Gasteiger partial charge on any atom is -0.367 e. The summed E-state index contributed by atoms with van der Waals surface area (Å²) in [6, 6.07) is 19.3. The molecule has 0 bridgehead atoms. The molecule has 0 atom stereocenters. The van der Waals surface area contributed by atoms with E-state index >= 15 is 0 Å². The molecule has 4 heteroatoms. The van der Waals surface area contributed by atoms with Crippen molar-refractivity contribution in [1.29, 1.82) is 0 Å². The molecule has 2 rings (SSSR count). The van der Waals surface area contributed by atoms with Gasteiger partial charge in [-0.15, -0.1) is 5.10 Å². The lowest BCUT2D eigenvalue weighted by atomic mass is 10.2. The van der Waals surface area contributed by atoms with Crippen LogP contribution in [0.2, 0.25) is 0 Å². The Bertz CT molecular complexity index is 532. The summed E-state index contributed by atoms with van der Waals surface area (Å²) in [5, 5.41) is 3.96. The molecular formula is C14H14N4. The highest BCUT2D eigenvalue weighted by atomic mass is 15.3. The molecule has 90 valence electrons. The van der Waals surface area contributed by atoms with Gasteiger partial charge >= 0.3 is 0 Å². The van der Waals surface area contributed by atoms with E-state index in [4.69, 9.17) is 5.73 Å². The van der Waals surface area contributed by atoms with E-state index < -0.39 is 0 Å². The van der Waals surface area contributed by atoms with Gasteiger partial charge in [0.1, 0.15) is 0 Å². The Hall–Kier alpha value is -2.62. The maximum Gasteiger partial charge on any atom is 0.237 e. The maximum absolute atomic E-state index is 5.66. The van der Waals surface area contributed by atoms with Crippen LogP contribution in [-0.4, -0.2) is 12.2 Å². The van der Waals surface area contributed by atoms with Crippen molar-refractivity contribution >= 4 is 17.9 Å². The molecule has 3 N–H and O–H groups in total. The highest BCUT2D eigenvalue weighted by molar-refractivity contribution is 5.92. The lowest BCUT2D eigenvalue weighted by Crippen LogP contribution is -2.11. The van der Waals surface area contributed by atoms with Crippen molar-refractivity contribution in [3.05, 3.63) is 66.2 Å². The van der Waals surface area contributed by atoms with Crippen LogP contribution >= 0.6 is 0 Å². The molecule has 0 saturated carbocycles. The normalized spacial score (nSPS) is 11.7. The number of nitrogens with two attached hydrogens (primary N) is 1.